The average Bonchev–Trinajstić information content (AvgIpc) is 2.28. The molecule has 5 nitrogen and oxygen atoms in total. The van der Waals surface area contributed by atoms with Crippen molar-refractivity contribution in [1.82, 2.24) is 0 Å². The van der Waals surface area contributed by atoms with Crippen molar-refractivity contribution in [2.24, 2.45) is 5.73 Å². The Bertz CT molecular complexity index is 408. The van der Waals surface area contributed by atoms with Gasteiger partial charge in [0.05, 0.1) is 7.11 Å². The second-order valence-corrected chi connectivity index (χ2v) is 3.24. The van der Waals surface area contributed by atoms with E-state index in [9.17, 15) is 14.3 Å². The van der Waals surface area contributed by atoms with Crippen LogP contribution in [0.15, 0.2) is 12.1 Å². The van der Waals surface area contributed by atoms with Crippen LogP contribution < -0.4 is 5.73 Å². The summed E-state index contributed by atoms with van der Waals surface area (Å²) in [6.07, 6.45) is -0.0493. The number of hydrogen-bond donors (Lipinski definition) is 3. The molecule has 0 aliphatic heterocycles. The van der Waals surface area contributed by atoms with Crippen LogP contribution in [-0.2, 0) is 16.0 Å². The molecule has 0 aliphatic rings. The second-order valence-electron chi connectivity index (χ2n) is 3.24. The fourth-order valence-corrected chi connectivity index (χ4v) is 1.23. The molecule has 16 heavy (non-hydrogen) atoms. The van der Waals surface area contributed by atoms with Crippen LogP contribution >= 0.6 is 0 Å². The van der Waals surface area contributed by atoms with Crippen molar-refractivity contribution in [1.29, 1.82) is 0 Å². The zero-order valence-corrected chi connectivity index (χ0v) is 8.61. The molecule has 0 aliphatic carbocycles. The summed E-state index contributed by atoms with van der Waals surface area (Å²) in [5.74, 6) is -3.05. The van der Waals surface area contributed by atoms with E-state index in [1.807, 2.05) is 0 Å². The van der Waals surface area contributed by atoms with Crippen LogP contribution in [-0.4, -0.2) is 29.3 Å². The van der Waals surface area contributed by atoms with Gasteiger partial charge in [0.15, 0.2) is 17.3 Å². The third-order valence-corrected chi connectivity index (χ3v) is 2.13. The summed E-state index contributed by atoms with van der Waals surface area (Å²) >= 11 is 0. The smallest absolute Gasteiger partial charge is 0.322 e. The van der Waals surface area contributed by atoms with E-state index in [-0.39, 0.29) is 12.0 Å². The maximum atomic E-state index is 12.8. The van der Waals surface area contributed by atoms with E-state index in [1.54, 1.807) is 0 Å². The van der Waals surface area contributed by atoms with Gasteiger partial charge in [-0.1, -0.05) is 6.07 Å². The summed E-state index contributed by atoms with van der Waals surface area (Å²) in [4.78, 5) is 11.0. The molecule has 6 heteroatoms. The molecule has 1 aromatic rings. The average molecular weight is 229 g/mol. The minimum atomic E-state index is -0.972. The number of nitrogens with two attached hydrogens (primary N) is 1. The van der Waals surface area contributed by atoms with E-state index in [2.05, 4.69) is 4.74 Å². The largest absolute Gasteiger partial charge is 0.504 e. The molecular weight excluding hydrogens is 217 g/mol. The number of methoxy groups -OCH3 is 1. The van der Waals surface area contributed by atoms with Gasteiger partial charge in [-0.2, -0.15) is 0 Å². The molecule has 1 rings (SSSR count). The number of phenols is 2. The predicted octanol–water partition coefficient (Wildman–Crippen LogP) is 0.280. The molecule has 0 unspecified atom stereocenters. The van der Waals surface area contributed by atoms with Crippen molar-refractivity contribution in [3.8, 4) is 11.5 Å². The summed E-state index contributed by atoms with van der Waals surface area (Å²) in [7, 11) is 1.18. The van der Waals surface area contributed by atoms with E-state index in [4.69, 9.17) is 10.8 Å². The Morgan fingerprint density at radius 2 is 2.12 bits per heavy atom. The molecule has 0 bridgehead atoms. The number of ether oxygens (including phenoxy) is 1. The third kappa shape index (κ3) is 2.40. The Labute approximate surface area is 91.3 Å². The van der Waals surface area contributed by atoms with Crippen molar-refractivity contribution in [3.05, 3.63) is 23.5 Å². The highest BCUT2D eigenvalue weighted by molar-refractivity contribution is 5.76. The van der Waals surface area contributed by atoms with Crippen molar-refractivity contribution in [3.63, 3.8) is 0 Å². The monoisotopic (exact) mass is 229 g/mol. The first kappa shape index (κ1) is 12.3. The summed E-state index contributed by atoms with van der Waals surface area (Å²) in [5.41, 5.74) is 5.63. The minimum absolute atomic E-state index is 0.0493. The first-order valence-electron chi connectivity index (χ1n) is 4.50. The minimum Gasteiger partial charge on any atom is -0.504 e. The molecule has 0 saturated heterocycles. The van der Waals surface area contributed by atoms with E-state index < -0.39 is 29.3 Å². The number of rotatable bonds is 3. The molecule has 0 heterocycles. The molecule has 0 radical (unpaired) electrons. The van der Waals surface area contributed by atoms with Crippen LogP contribution in [0.4, 0.5) is 4.39 Å². The van der Waals surface area contributed by atoms with Gasteiger partial charge in [-0.05, 0) is 6.07 Å². The van der Waals surface area contributed by atoms with Crippen LogP contribution in [0.2, 0.25) is 0 Å². The molecule has 0 amide bonds. The van der Waals surface area contributed by atoms with Crippen LogP contribution in [0.3, 0.4) is 0 Å². The number of halogens is 1. The van der Waals surface area contributed by atoms with E-state index >= 15 is 0 Å². The van der Waals surface area contributed by atoms with Gasteiger partial charge in [0.1, 0.15) is 6.04 Å². The Morgan fingerprint density at radius 1 is 1.50 bits per heavy atom. The fraction of sp³-hybridized carbons (Fsp3) is 0.300. The topological polar surface area (TPSA) is 92.8 Å². The number of aromatic hydroxyl groups is 2. The zero-order chi connectivity index (χ0) is 12.3. The molecule has 1 aromatic carbocycles. The fourth-order valence-electron chi connectivity index (χ4n) is 1.23. The Hall–Kier alpha value is -1.82. The first-order chi connectivity index (χ1) is 7.47. The summed E-state index contributed by atoms with van der Waals surface area (Å²) in [5, 5.41) is 18.5. The lowest BCUT2D eigenvalue weighted by molar-refractivity contribution is -0.142. The lowest BCUT2D eigenvalue weighted by Gasteiger charge is -2.11. The Kier molecular flexibility index (Phi) is 3.68. The van der Waals surface area contributed by atoms with E-state index in [0.29, 0.717) is 0 Å². The highest BCUT2D eigenvalue weighted by Gasteiger charge is 2.18. The lowest BCUT2D eigenvalue weighted by Crippen LogP contribution is -2.33. The van der Waals surface area contributed by atoms with Gasteiger partial charge >= 0.3 is 5.97 Å². The summed E-state index contributed by atoms with van der Waals surface area (Å²) in [6, 6.07) is 1.25. The van der Waals surface area contributed by atoms with Crippen molar-refractivity contribution < 1.29 is 24.1 Å². The second kappa shape index (κ2) is 4.80. The van der Waals surface area contributed by atoms with Gasteiger partial charge in [-0.25, -0.2) is 4.39 Å². The lowest BCUT2D eigenvalue weighted by atomic mass is 10.0. The summed E-state index contributed by atoms with van der Waals surface area (Å²) < 4.78 is 17.2. The maximum Gasteiger partial charge on any atom is 0.322 e. The van der Waals surface area contributed by atoms with Gasteiger partial charge in [0, 0.05) is 12.0 Å². The Balaban J connectivity index is 2.90. The van der Waals surface area contributed by atoms with Crippen LogP contribution in [0.25, 0.3) is 0 Å². The van der Waals surface area contributed by atoms with Crippen molar-refractivity contribution in [2.75, 3.05) is 7.11 Å². The zero-order valence-electron chi connectivity index (χ0n) is 8.61. The summed E-state index contributed by atoms with van der Waals surface area (Å²) in [6.45, 7) is 0. The van der Waals surface area contributed by atoms with Gasteiger partial charge < -0.3 is 20.7 Å². The van der Waals surface area contributed by atoms with Crippen LogP contribution in [0.1, 0.15) is 5.56 Å². The molecule has 1 atom stereocenters. The molecule has 0 saturated carbocycles. The quantitative estimate of drug-likeness (QED) is 0.511. The molecule has 0 aromatic heterocycles. The van der Waals surface area contributed by atoms with Gasteiger partial charge in [0.25, 0.3) is 0 Å². The van der Waals surface area contributed by atoms with Crippen molar-refractivity contribution >= 4 is 5.97 Å². The molecule has 4 N–H and O–H groups in total. The normalized spacial score (nSPS) is 12.2. The van der Waals surface area contributed by atoms with Gasteiger partial charge in [-0.15, -0.1) is 0 Å². The van der Waals surface area contributed by atoms with Crippen LogP contribution in [0, 0.1) is 5.82 Å². The SMILES string of the molecule is COC(=O)[C@@H](N)Cc1ccc(F)c(O)c1O. The van der Waals surface area contributed by atoms with E-state index in [0.717, 1.165) is 6.07 Å². The molecule has 0 fully saturated rings. The number of carbonyl (C=O) groups is 1. The molecule has 88 valence electrons. The highest BCUT2D eigenvalue weighted by atomic mass is 19.1. The number of phenolic OH excluding ortho intramolecular Hbond substituents is 2. The molecular formula is C10H12FNO4. The van der Waals surface area contributed by atoms with Crippen molar-refractivity contribution in [2.45, 2.75) is 12.5 Å². The maximum absolute atomic E-state index is 12.8. The van der Waals surface area contributed by atoms with Gasteiger partial charge in [-0.3, -0.25) is 4.79 Å². The first-order valence-corrected chi connectivity index (χ1v) is 4.50. The highest BCUT2D eigenvalue weighted by Crippen LogP contribution is 2.31. The number of hydrogen-bond acceptors (Lipinski definition) is 5. The predicted molar refractivity (Wildman–Crippen MR) is 53.4 cm³/mol. The Morgan fingerprint density at radius 3 is 2.69 bits per heavy atom. The number of benzene rings is 1. The third-order valence-electron chi connectivity index (χ3n) is 2.13. The standard InChI is InChI=1S/C10H12FNO4/c1-16-10(15)7(12)4-5-2-3-6(11)9(14)8(5)13/h2-3,7,13-14H,4,12H2,1H3/t7-/m0/s1. The number of esters is 1. The van der Waals surface area contributed by atoms with Gasteiger partial charge in [0.2, 0.25) is 0 Å². The van der Waals surface area contributed by atoms with Crippen LogP contribution in [0.5, 0.6) is 11.5 Å². The molecule has 0 spiro atoms. The number of carbonyl (C=O) groups excluding carboxylic acids is 1. The van der Waals surface area contributed by atoms with E-state index in [1.165, 1.54) is 13.2 Å².